The van der Waals surface area contributed by atoms with Crippen LogP contribution >= 0.6 is 23.2 Å². The first-order valence-electron chi connectivity index (χ1n) is 7.34. The normalized spacial score (nSPS) is 11.4. The molecule has 0 fully saturated rings. The van der Waals surface area contributed by atoms with E-state index in [1.807, 2.05) is 19.0 Å². The molecular weight excluding hydrogens is 337 g/mol. The number of halogens is 2. The van der Waals surface area contributed by atoms with Gasteiger partial charge in [-0.15, -0.1) is 0 Å². The molecule has 0 saturated heterocycles. The first kappa shape index (κ1) is 19.7. The van der Waals surface area contributed by atoms with Crippen molar-refractivity contribution >= 4 is 40.7 Å². The lowest BCUT2D eigenvalue weighted by atomic mass is 9.91. The van der Waals surface area contributed by atoms with E-state index in [1.165, 1.54) is 0 Å². The van der Waals surface area contributed by atoms with E-state index in [-0.39, 0.29) is 5.91 Å². The topological polar surface area (TPSA) is 61.4 Å². The molecule has 0 saturated carbocycles. The molecule has 1 rings (SSSR count). The Bertz CT molecular complexity index is 574. The molecule has 7 heteroatoms. The number of anilines is 1. The maximum absolute atomic E-state index is 12.4. The van der Waals surface area contributed by atoms with E-state index < -0.39 is 11.3 Å². The summed E-state index contributed by atoms with van der Waals surface area (Å²) in [5.41, 5.74) is -0.692. The third kappa shape index (κ3) is 6.01. The first-order chi connectivity index (χ1) is 10.6. The zero-order valence-corrected chi connectivity index (χ0v) is 15.4. The lowest BCUT2D eigenvalue weighted by molar-refractivity contribution is -0.138. The van der Waals surface area contributed by atoms with Gasteiger partial charge in [-0.1, -0.05) is 23.2 Å². The van der Waals surface area contributed by atoms with Crippen LogP contribution in [0.25, 0.3) is 0 Å². The molecule has 0 radical (unpaired) electrons. The number of nitrogens with zero attached hydrogens (tertiary/aromatic N) is 1. The highest BCUT2D eigenvalue weighted by atomic mass is 35.5. The number of nitrogens with one attached hydrogen (secondary N) is 2. The van der Waals surface area contributed by atoms with Crippen LogP contribution in [0.2, 0.25) is 10.0 Å². The van der Waals surface area contributed by atoms with Gasteiger partial charge < -0.3 is 15.5 Å². The molecule has 0 spiro atoms. The van der Waals surface area contributed by atoms with E-state index in [4.69, 9.17) is 23.2 Å². The highest BCUT2D eigenvalue weighted by molar-refractivity contribution is 6.42. The van der Waals surface area contributed by atoms with Crippen LogP contribution in [0.1, 0.15) is 20.3 Å². The Morgan fingerprint density at radius 2 is 1.78 bits per heavy atom. The molecule has 5 nitrogen and oxygen atoms in total. The zero-order valence-electron chi connectivity index (χ0n) is 13.9. The molecule has 0 bridgehead atoms. The van der Waals surface area contributed by atoms with E-state index in [0.29, 0.717) is 22.3 Å². The van der Waals surface area contributed by atoms with Crippen molar-refractivity contribution in [3.8, 4) is 0 Å². The fourth-order valence-corrected chi connectivity index (χ4v) is 2.08. The molecule has 0 aliphatic heterocycles. The van der Waals surface area contributed by atoms with E-state index in [9.17, 15) is 9.59 Å². The predicted octanol–water partition coefficient (Wildman–Crippen LogP) is 3.03. The summed E-state index contributed by atoms with van der Waals surface area (Å²) in [7, 11) is 3.94. The SMILES string of the molecule is CN(C)CCCNC(=O)C(C)(C)C(=O)Nc1ccc(Cl)c(Cl)c1. The van der Waals surface area contributed by atoms with Crippen LogP contribution in [0.5, 0.6) is 0 Å². The van der Waals surface area contributed by atoms with Crippen LogP contribution in [0.3, 0.4) is 0 Å². The molecule has 2 amide bonds. The fraction of sp³-hybridized carbons (Fsp3) is 0.500. The average Bonchev–Trinajstić information content (AvgIpc) is 2.46. The van der Waals surface area contributed by atoms with Gasteiger partial charge in [0.15, 0.2) is 0 Å². The van der Waals surface area contributed by atoms with Crippen molar-refractivity contribution in [2.75, 3.05) is 32.5 Å². The summed E-state index contributed by atoms with van der Waals surface area (Å²) in [6, 6.07) is 4.78. The minimum absolute atomic E-state index is 0.311. The van der Waals surface area contributed by atoms with Gasteiger partial charge in [0.05, 0.1) is 10.0 Å². The summed E-state index contributed by atoms with van der Waals surface area (Å²) in [6.45, 7) is 4.57. The molecule has 23 heavy (non-hydrogen) atoms. The van der Waals surface area contributed by atoms with Crippen LogP contribution in [-0.2, 0) is 9.59 Å². The predicted molar refractivity (Wildman–Crippen MR) is 95.1 cm³/mol. The lowest BCUT2D eigenvalue weighted by Gasteiger charge is -2.23. The minimum atomic E-state index is -1.19. The Balaban J connectivity index is 2.61. The molecule has 0 heterocycles. The van der Waals surface area contributed by atoms with Crippen molar-refractivity contribution in [1.82, 2.24) is 10.2 Å². The van der Waals surface area contributed by atoms with Crippen molar-refractivity contribution < 1.29 is 9.59 Å². The molecule has 128 valence electrons. The van der Waals surface area contributed by atoms with E-state index in [1.54, 1.807) is 32.0 Å². The van der Waals surface area contributed by atoms with Gasteiger partial charge in [0.2, 0.25) is 11.8 Å². The standard InChI is InChI=1S/C16H23Cl2N3O2/c1-16(2,14(22)19-8-5-9-21(3)4)15(23)20-11-6-7-12(17)13(18)10-11/h6-7,10H,5,8-9H2,1-4H3,(H,19,22)(H,20,23). The summed E-state index contributed by atoms with van der Waals surface area (Å²) < 4.78 is 0. The monoisotopic (exact) mass is 359 g/mol. The van der Waals surface area contributed by atoms with Crippen LogP contribution in [0.15, 0.2) is 18.2 Å². The smallest absolute Gasteiger partial charge is 0.239 e. The van der Waals surface area contributed by atoms with E-state index in [0.717, 1.165) is 13.0 Å². The quantitative estimate of drug-likeness (QED) is 0.580. The summed E-state index contributed by atoms with van der Waals surface area (Å²) in [5, 5.41) is 6.23. The van der Waals surface area contributed by atoms with Crippen LogP contribution in [-0.4, -0.2) is 43.9 Å². The second kappa shape index (κ2) is 8.52. The molecule has 1 aromatic rings. The molecule has 0 atom stereocenters. The van der Waals surface area contributed by atoms with Gasteiger partial charge in [-0.05, 0) is 59.1 Å². The van der Waals surface area contributed by atoms with E-state index in [2.05, 4.69) is 10.6 Å². The van der Waals surface area contributed by atoms with Crippen LogP contribution in [0.4, 0.5) is 5.69 Å². The largest absolute Gasteiger partial charge is 0.355 e. The number of hydrogen-bond donors (Lipinski definition) is 2. The molecule has 1 aromatic carbocycles. The Morgan fingerprint density at radius 1 is 1.13 bits per heavy atom. The molecular formula is C16H23Cl2N3O2. The Labute approximate surface area is 147 Å². The molecule has 0 unspecified atom stereocenters. The second-order valence-corrected chi connectivity index (χ2v) is 6.94. The van der Waals surface area contributed by atoms with Crippen LogP contribution in [0, 0.1) is 5.41 Å². The highest BCUT2D eigenvalue weighted by Crippen LogP contribution is 2.26. The molecule has 2 N–H and O–H groups in total. The maximum Gasteiger partial charge on any atom is 0.239 e. The summed E-state index contributed by atoms with van der Waals surface area (Å²) in [6.07, 6.45) is 0.823. The van der Waals surface area contributed by atoms with Gasteiger partial charge in [-0.2, -0.15) is 0 Å². The third-order valence-corrected chi connectivity index (χ3v) is 4.12. The summed E-state index contributed by atoms with van der Waals surface area (Å²) in [4.78, 5) is 26.6. The maximum atomic E-state index is 12.4. The van der Waals surface area contributed by atoms with Crippen molar-refractivity contribution in [2.24, 2.45) is 5.41 Å². The van der Waals surface area contributed by atoms with Gasteiger partial charge in [0, 0.05) is 12.2 Å². The molecule has 0 aliphatic carbocycles. The number of amides is 2. The van der Waals surface area contributed by atoms with Gasteiger partial charge in [0.25, 0.3) is 0 Å². The van der Waals surface area contributed by atoms with E-state index >= 15 is 0 Å². The Morgan fingerprint density at radius 3 is 2.35 bits per heavy atom. The fourth-order valence-electron chi connectivity index (χ4n) is 1.78. The number of hydrogen-bond acceptors (Lipinski definition) is 3. The summed E-state index contributed by atoms with van der Waals surface area (Å²) in [5.74, 6) is -0.713. The number of benzene rings is 1. The zero-order chi connectivity index (χ0) is 17.6. The van der Waals surface area contributed by atoms with Crippen molar-refractivity contribution in [2.45, 2.75) is 20.3 Å². The number of rotatable bonds is 7. The number of carbonyl (C=O) groups excluding carboxylic acids is 2. The van der Waals surface area contributed by atoms with Crippen molar-refractivity contribution in [1.29, 1.82) is 0 Å². The first-order valence-corrected chi connectivity index (χ1v) is 8.09. The molecule has 0 aliphatic rings. The second-order valence-electron chi connectivity index (χ2n) is 6.12. The Kier molecular flexibility index (Phi) is 7.32. The molecule has 0 aromatic heterocycles. The minimum Gasteiger partial charge on any atom is -0.355 e. The third-order valence-electron chi connectivity index (χ3n) is 3.38. The van der Waals surface area contributed by atoms with Crippen LogP contribution < -0.4 is 10.6 Å². The summed E-state index contributed by atoms with van der Waals surface area (Å²) >= 11 is 11.8. The highest BCUT2D eigenvalue weighted by Gasteiger charge is 2.35. The van der Waals surface area contributed by atoms with Gasteiger partial charge in [-0.25, -0.2) is 0 Å². The van der Waals surface area contributed by atoms with Gasteiger partial charge >= 0.3 is 0 Å². The number of carbonyl (C=O) groups is 2. The van der Waals surface area contributed by atoms with Gasteiger partial charge in [-0.3, -0.25) is 9.59 Å². The average molecular weight is 360 g/mol. The Hall–Kier alpha value is -1.30. The van der Waals surface area contributed by atoms with Crippen molar-refractivity contribution in [3.05, 3.63) is 28.2 Å². The van der Waals surface area contributed by atoms with Crippen molar-refractivity contribution in [3.63, 3.8) is 0 Å². The van der Waals surface area contributed by atoms with Gasteiger partial charge in [0.1, 0.15) is 5.41 Å². The lowest BCUT2D eigenvalue weighted by Crippen LogP contribution is -2.45.